The van der Waals surface area contributed by atoms with Gasteiger partial charge < -0.3 is 10.2 Å². The predicted molar refractivity (Wildman–Crippen MR) is 68.9 cm³/mol. The fourth-order valence-electron chi connectivity index (χ4n) is 1.92. The summed E-state index contributed by atoms with van der Waals surface area (Å²) in [4.78, 5) is 13.9. The average Bonchev–Trinajstić information content (AvgIpc) is 2.51. The summed E-state index contributed by atoms with van der Waals surface area (Å²) in [5.74, 6) is 0.748. The standard InChI is InChI=1S/C12H16N2OS/c1-16-9-12(15)14-7-6-13-8-10-4-2-3-5-11(10)14/h2-5,13H,6-9H2,1H3. The van der Waals surface area contributed by atoms with Crippen LogP contribution in [-0.2, 0) is 11.3 Å². The van der Waals surface area contributed by atoms with Crippen molar-refractivity contribution in [3.05, 3.63) is 29.8 Å². The second-order valence-electron chi connectivity index (χ2n) is 3.78. The number of para-hydroxylation sites is 1. The highest BCUT2D eigenvalue weighted by atomic mass is 32.2. The van der Waals surface area contributed by atoms with Crippen molar-refractivity contribution < 1.29 is 4.79 Å². The van der Waals surface area contributed by atoms with Crippen LogP contribution < -0.4 is 10.2 Å². The molecular formula is C12H16N2OS. The Kier molecular flexibility index (Phi) is 3.85. The summed E-state index contributed by atoms with van der Waals surface area (Å²) in [5, 5.41) is 3.33. The van der Waals surface area contributed by atoms with Gasteiger partial charge in [0.2, 0.25) is 5.91 Å². The molecule has 0 saturated heterocycles. The molecule has 1 amide bonds. The van der Waals surface area contributed by atoms with Crippen molar-refractivity contribution in [2.24, 2.45) is 0 Å². The first-order chi connectivity index (χ1) is 7.83. The lowest BCUT2D eigenvalue weighted by molar-refractivity contribution is -0.116. The molecule has 0 aliphatic carbocycles. The number of carbonyl (C=O) groups is 1. The van der Waals surface area contributed by atoms with Crippen molar-refractivity contribution in [3.8, 4) is 0 Å². The number of thioether (sulfide) groups is 1. The average molecular weight is 236 g/mol. The Bertz CT molecular complexity index is 381. The van der Waals surface area contributed by atoms with Crippen molar-refractivity contribution in [3.63, 3.8) is 0 Å². The zero-order chi connectivity index (χ0) is 11.4. The van der Waals surface area contributed by atoms with E-state index in [0.29, 0.717) is 5.75 Å². The number of hydrogen-bond acceptors (Lipinski definition) is 3. The summed E-state index contributed by atoms with van der Waals surface area (Å²) in [5.41, 5.74) is 2.26. The third kappa shape index (κ3) is 2.39. The van der Waals surface area contributed by atoms with Gasteiger partial charge in [0.25, 0.3) is 0 Å². The number of benzene rings is 1. The molecule has 1 aromatic rings. The van der Waals surface area contributed by atoms with Gasteiger partial charge in [0.05, 0.1) is 5.75 Å². The summed E-state index contributed by atoms with van der Waals surface area (Å²) in [6, 6.07) is 8.11. The molecule has 0 aromatic heterocycles. The van der Waals surface area contributed by atoms with Crippen molar-refractivity contribution in [2.75, 3.05) is 30.0 Å². The third-order valence-electron chi connectivity index (χ3n) is 2.68. The van der Waals surface area contributed by atoms with E-state index < -0.39 is 0 Å². The normalized spacial score (nSPS) is 15.4. The molecule has 1 N–H and O–H groups in total. The molecular weight excluding hydrogens is 220 g/mol. The maximum Gasteiger partial charge on any atom is 0.237 e. The van der Waals surface area contributed by atoms with E-state index in [9.17, 15) is 4.79 Å². The van der Waals surface area contributed by atoms with Crippen LogP contribution in [0.1, 0.15) is 5.56 Å². The van der Waals surface area contributed by atoms with Crippen molar-refractivity contribution >= 4 is 23.4 Å². The zero-order valence-electron chi connectivity index (χ0n) is 9.40. The highest BCUT2D eigenvalue weighted by Crippen LogP contribution is 2.22. The lowest BCUT2D eigenvalue weighted by atomic mass is 10.1. The SMILES string of the molecule is CSCC(=O)N1CCNCc2ccccc21. The summed E-state index contributed by atoms with van der Waals surface area (Å²) < 4.78 is 0. The Hall–Kier alpha value is -1.00. The quantitative estimate of drug-likeness (QED) is 0.844. The van der Waals surface area contributed by atoms with Crippen LogP contribution in [0, 0.1) is 0 Å². The van der Waals surface area contributed by atoms with Crippen molar-refractivity contribution in [1.82, 2.24) is 5.32 Å². The van der Waals surface area contributed by atoms with E-state index >= 15 is 0 Å². The number of fused-ring (bicyclic) bond motifs is 1. The second-order valence-corrected chi connectivity index (χ2v) is 4.65. The molecule has 16 heavy (non-hydrogen) atoms. The molecule has 1 aromatic carbocycles. The number of anilines is 1. The highest BCUT2D eigenvalue weighted by Gasteiger charge is 2.19. The van der Waals surface area contributed by atoms with Gasteiger partial charge in [-0.25, -0.2) is 0 Å². The van der Waals surface area contributed by atoms with E-state index in [2.05, 4.69) is 11.4 Å². The van der Waals surface area contributed by atoms with E-state index in [1.165, 1.54) is 5.56 Å². The molecule has 3 nitrogen and oxygen atoms in total. The number of amides is 1. The fraction of sp³-hybridized carbons (Fsp3) is 0.417. The Labute approximate surface area is 100 Å². The van der Waals surface area contributed by atoms with Crippen LogP contribution >= 0.6 is 11.8 Å². The molecule has 0 unspecified atom stereocenters. The first-order valence-corrected chi connectivity index (χ1v) is 6.80. The van der Waals surface area contributed by atoms with Gasteiger partial charge in [0, 0.05) is 25.3 Å². The second kappa shape index (κ2) is 5.37. The minimum Gasteiger partial charge on any atom is -0.311 e. The summed E-state index contributed by atoms with van der Waals surface area (Å²) in [6.45, 7) is 2.46. The van der Waals surface area contributed by atoms with Crippen molar-refractivity contribution in [1.29, 1.82) is 0 Å². The molecule has 1 heterocycles. The van der Waals surface area contributed by atoms with Gasteiger partial charge in [-0.3, -0.25) is 4.79 Å². The van der Waals surface area contributed by atoms with Gasteiger partial charge in [-0.2, -0.15) is 11.8 Å². The predicted octanol–water partition coefficient (Wildman–Crippen LogP) is 1.49. The molecule has 86 valence electrons. The van der Waals surface area contributed by atoms with Crippen LogP contribution in [0.3, 0.4) is 0 Å². The monoisotopic (exact) mass is 236 g/mol. The van der Waals surface area contributed by atoms with Crippen molar-refractivity contribution in [2.45, 2.75) is 6.54 Å². The molecule has 1 aliphatic heterocycles. The van der Waals surface area contributed by atoms with Gasteiger partial charge >= 0.3 is 0 Å². The molecule has 4 heteroatoms. The van der Waals surface area contributed by atoms with Crippen LogP contribution in [0.4, 0.5) is 5.69 Å². The van der Waals surface area contributed by atoms with Crippen LogP contribution in [-0.4, -0.2) is 31.0 Å². The Balaban J connectivity index is 2.28. The van der Waals surface area contributed by atoms with Gasteiger partial charge in [0.1, 0.15) is 0 Å². The Morgan fingerprint density at radius 1 is 1.50 bits per heavy atom. The molecule has 0 spiro atoms. The van der Waals surface area contributed by atoms with Gasteiger partial charge in [-0.15, -0.1) is 0 Å². The first-order valence-electron chi connectivity index (χ1n) is 5.41. The van der Waals surface area contributed by atoms with E-state index in [1.807, 2.05) is 29.4 Å². The molecule has 0 atom stereocenters. The molecule has 0 bridgehead atoms. The lowest BCUT2D eigenvalue weighted by Crippen LogP contribution is -2.35. The Morgan fingerprint density at radius 3 is 3.12 bits per heavy atom. The molecule has 1 aliphatic rings. The topological polar surface area (TPSA) is 32.3 Å². The number of nitrogens with zero attached hydrogens (tertiary/aromatic N) is 1. The van der Waals surface area contributed by atoms with E-state index in [-0.39, 0.29) is 5.91 Å². The van der Waals surface area contributed by atoms with E-state index in [1.54, 1.807) is 11.8 Å². The lowest BCUT2D eigenvalue weighted by Gasteiger charge is -2.22. The fourth-order valence-corrected chi connectivity index (χ4v) is 2.32. The van der Waals surface area contributed by atoms with E-state index in [4.69, 9.17) is 0 Å². The number of carbonyl (C=O) groups excluding carboxylic acids is 1. The molecule has 0 saturated carbocycles. The van der Waals surface area contributed by atoms with Gasteiger partial charge in [0.15, 0.2) is 0 Å². The molecule has 0 radical (unpaired) electrons. The minimum atomic E-state index is 0.198. The number of rotatable bonds is 2. The summed E-state index contributed by atoms with van der Waals surface area (Å²) in [6.07, 6.45) is 1.96. The Morgan fingerprint density at radius 2 is 2.31 bits per heavy atom. The number of nitrogens with one attached hydrogen (secondary N) is 1. The zero-order valence-corrected chi connectivity index (χ0v) is 10.2. The number of hydrogen-bond donors (Lipinski definition) is 1. The molecule has 2 rings (SSSR count). The molecule has 0 fully saturated rings. The first kappa shape index (κ1) is 11.5. The summed E-state index contributed by atoms with van der Waals surface area (Å²) in [7, 11) is 0. The van der Waals surface area contributed by atoms with E-state index in [0.717, 1.165) is 25.3 Å². The van der Waals surface area contributed by atoms with Crippen LogP contribution in [0.2, 0.25) is 0 Å². The van der Waals surface area contributed by atoms with Crippen LogP contribution in [0.25, 0.3) is 0 Å². The van der Waals surface area contributed by atoms with Gasteiger partial charge in [-0.05, 0) is 17.9 Å². The summed E-state index contributed by atoms with van der Waals surface area (Å²) >= 11 is 1.57. The van der Waals surface area contributed by atoms with Crippen LogP contribution in [0.5, 0.6) is 0 Å². The largest absolute Gasteiger partial charge is 0.311 e. The maximum absolute atomic E-state index is 12.0. The smallest absolute Gasteiger partial charge is 0.237 e. The maximum atomic E-state index is 12.0. The highest BCUT2D eigenvalue weighted by molar-refractivity contribution is 7.99. The van der Waals surface area contributed by atoms with Crippen LogP contribution in [0.15, 0.2) is 24.3 Å². The minimum absolute atomic E-state index is 0.198. The third-order valence-corrected chi connectivity index (χ3v) is 3.21. The van der Waals surface area contributed by atoms with Gasteiger partial charge in [-0.1, -0.05) is 18.2 Å².